The zero-order valence-corrected chi connectivity index (χ0v) is 8.70. The third kappa shape index (κ3) is 2.37. The topological polar surface area (TPSA) is 17.1 Å². The quantitative estimate of drug-likeness (QED) is 0.656. The zero-order chi connectivity index (χ0) is 11.8. The summed E-state index contributed by atoms with van der Waals surface area (Å²) in [6.07, 6.45) is -4.36. The zero-order valence-electron chi connectivity index (χ0n) is 8.70. The number of Topliss-reactive ketones (excluding diaryl/α,β-unsaturated/α-hetero) is 1. The normalized spacial score (nSPS) is 11.6. The molecule has 1 rings (SSSR count). The summed E-state index contributed by atoms with van der Waals surface area (Å²) in [6, 6.07) is 2.55. The van der Waals surface area contributed by atoms with Gasteiger partial charge in [-0.1, -0.05) is 0 Å². The number of carbonyl (C=O) groups excluding carboxylic acids is 1. The van der Waals surface area contributed by atoms with E-state index in [2.05, 4.69) is 0 Å². The van der Waals surface area contributed by atoms with Gasteiger partial charge >= 0.3 is 6.18 Å². The largest absolute Gasteiger partial charge is 0.416 e. The van der Waals surface area contributed by atoms with Gasteiger partial charge in [-0.3, -0.25) is 4.79 Å². The molecule has 82 valence electrons. The minimum atomic E-state index is -4.36. The van der Waals surface area contributed by atoms with Crippen LogP contribution in [0.2, 0.25) is 0 Å². The summed E-state index contributed by atoms with van der Waals surface area (Å²) in [4.78, 5) is 11.0. The van der Waals surface area contributed by atoms with Gasteiger partial charge in [0, 0.05) is 5.56 Å². The lowest BCUT2D eigenvalue weighted by atomic mass is 9.97. The van der Waals surface area contributed by atoms with E-state index in [1.165, 1.54) is 32.9 Å². The Morgan fingerprint density at radius 1 is 1.13 bits per heavy atom. The highest BCUT2D eigenvalue weighted by Gasteiger charge is 2.34. The molecule has 0 saturated carbocycles. The molecule has 0 atom stereocenters. The maximum atomic E-state index is 12.6. The number of hydrogen-bond donors (Lipinski definition) is 0. The van der Waals surface area contributed by atoms with E-state index in [-0.39, 0.29) is 16.9 Å². The predicted molar refractivity (Wildman–Crippen MR) is 50.9 cm³/mol. The van der Waals surface area contributed by atoms with Crippen molar-refractivity contribution in [3.63, 3.8) is 0 Å². The molecule has 0 aliphatic carbocycles. The Morgan fingerprint density at radius 2 is 1.53 bits per heavy atom. The average molecular weight is 216 g/mol. The van der Waals surface area contributed by atoms with Crippen molar-refractivity contribution in [3.8, 4) is 0 Å². The fraction of sp³-hybridized carbons (Fsp3) is 0.364. The van der Waals surface area contributed by atoms with Crippen molar-refractivity contribution < 1.29 is 18.0 Å². The van der Waals surface area contributed by atoms with E-state index in [9.17, 15) is 18.0 Å². The molecule has 0 fully saturated rings. The molecule has 0 amide bonds. The summed E-state index contributed by atoms with van der Waals surface area (Å²) >= 11 is 0. The SMILES string of the molecule is CC(=O)c1cc(C)c(C(F)(F)F)c(C)c1. The van der Waals surface area contributed by atoms with Gasteiger partial charge in [-0.15, -0.1) is 0 Å². The van der Waals surface area contributed by atoms with Crippen molar-refractivity contribution in [2.24, 2.45) is 0 Å². The van der Waals surface area contributed by atoms with E-state index in [1.54, 1.807) is 0 Å². The van der Waals surface area contributed by atoms with Gasteiger partial charge in [0.05, 0.1) is 5.56 Å². The number of benzene rings is 1. The maximum Gasteiger partial charge on any atom is 0.416 e. The molecule has 0 saturated heterocycles. The molecule has 15 heavy (non-hydrogen) atoms. The summed E-state index contributed by atoms with van der Waals surface area (Å²) in [7, 11) is 0. The van der Waals surface area contributed by atoms with Crippen molar-refractivity contribution in [1.29, 1.82) is 0 Å². The van der Waals surface area contributed by atoms with E-state index in [4.69, 9.17) is 0 Å². The molecule has 0 aromatic heterocycles. The first-order valence-corrected chi connectivity index (χ1v) is 4.43. The van der Waals surface area contributed by atoms with Gasteiger partial charge in [0.15, 0.2) is 5.78 Å². The average Bonchev–Trinajstić information content (AvgIpc) is 1.99. The van der Waals surface area contributed by atoms with Crippen molar-refractivity contribution in [2.75, 3.05) is 0 Å². The van der Waals surface area contributed by atoms with Crippen LogP contribution in [-0.4, -0.2) is 5.78 Å². The lowest BCUT2D eigenvalue weighted by Gasteiger charge is -2.14. The predicted octanol–water partition coefficient (Wildman–Crippen LogP) is 3.52. The van der Waals surface area contributed by atoms with Gasteiger partial charge in [0.25, 0.3) is 0 Å². The minimum absolute atomic E-state index is 0.0905. The summed E-state index contributed by atoms with van der Waals surface area (Å²) in [5.41, 5.74) is -0.147. The number of alkyl halides is 3. The van der Waals surface area contributed by atoms with Crippen molar-refractivity contribution in [2.45, 2.75) is 26.9 Å². The van der Waals surface area contributed by atoms with Gasteiger partial charge in [0.1, 0.15) is 0 Å². The van der Waals surface area contributed by atoms with Gasteiger partial charge in [-0.2, -0.15) is 13.2 Å². The van der Waals surface area contributed by atoms with Crippen LogP contribution in [0.5, 0.6) is 0 Å². The number of rotatable bonds is 1. The van der Waals surface area contributed by atoms with E-state index in [0.717, 1.165) is 0 Å². The second-order valence-corrected chi connectivity index (χ2v) is 3.54. The van der Waals surface area contributed by atoms with Gasteiger partial charge < -0.3 is 0 Å². The number of halogens is 3. The van der Waals surface area contributed by atoms with Crippen LogP contribution >= 0.6 is 0 Å². The Bertz CT molecular complexity index is 382. The Balaban J connectivity index is 3.41. The minimum Gasteiger partial charge on any atom is -0.295 e. The third-order valence-corrected chi connectivity index (χ3v) is 2.22. The van der Waals surface area contributed by atoms with Crippen LogP contribution < -0.4 is 0 Å². The number of hydrogen-bond acceptors (Lipinski definition) is 1. The highest BCUT2D eigenvalue weighted by atomic mass is 19.4. The molecule has 0 heterocycles. The lowest BCUT2D eigenvalue weighted by Crippen LogP contribution is -2.11. The van der Waals surface area contributed by atoms with Crippen molar-refractivity contribution in [1.82, 2.24) is 0 Å². The van der Waals surface area contributed by atoms with E-state index < -0.39 is 11.7 Å². The second kappa shape index (κ2) is 3.68. The number of aryl methyl sites for hydroxylation is 2. The molecule has 1 nitrogen and oxygen atoms in total. The molecule has 4 heteroatoms. The first-order valence-electron chi connectivity index (χ1n) is 4.43. The molecule has 1 aromatic carbocycles. The van der Waals surface area contributed by atoms with E-state index in [1.807, 2.05) is 0 Å². The molecular formula is C11H11F3O. The molecule has 0 aliphatic rings. The van der Waals surface area contributed by atoms with Crippen LogP contribution in [0.25, 0.3) is 0 Å². The Morgan fingerprint density at radius 3 is 1.80 bits per heavy atom. The van der Waals surface area contributed by atoms with Crippen LogP contribution in [0, 0.1) is 13.8 Å². The molecule has 0 aliphatic heterocycles. The highest BCUT2D eigenvalue weighted by molar-refractivity contribution is 5.94. The first-order chi connectivity index (χ1) is 6.73. The lowest BCUT2D eigenvalue weighted by molar-refractivity contribution is -0.138. The highest BCUT2D eigenvalue weighted by Crippen LogP contribution is 2.34. The number of carbonyl (C=O) groups is 1. The monoisotopic (exact) mass is 216 g/mol. The summed E-state index contributed by atoms with van der Waals surface area (Å²) in [5, 5.41) is 0. The Hall–Kier alpha value is -1.32. The molecule has 0 unspecified atom stereocenters. The van der Waals surface area contributed by atoms with E-state index >= 15 is 0 Å². The standard InChI is InChI=1S/C11H11F3O/c1-6-4-9(8(3)15)5-7(2)10(6)11(12,13)14/h4-5H,1-3H3. The summed E-state index contributed by atoms with van der Waals surface area (Å²) < 4.78 is 37.7. The van der Waals surface area contributed by atoms with Crippen LogP contribution in [-0.2, 0) is 6.18 Å². The smallest absolute Gasteiger partial charge is 0.295 e. The van der Waals surface area contributed by atoms with Crippen LogP contribution in [0.15, 0.2) is 12.1 Å². The van der Waals surface area contributed by atoms with Crippen LogP contribution in [0.1, 0.15) is 34.0 Å². The van der Waals surface area contributed by atoms with Gasteiger partial charge in [0.2, 0.25) is 0 Å². The molecule has 1 aromatic rings. The van der Waals surface area contributed by atoms with Gasteiger partial charge in [-0.25, -0.2) is 0 Å². The first kappa shape index (κ1) is 11.8. The molecule has 0 N–H and O–H groups in total. The number of ketones is 1. The fourth-order valence-corrected chi connectivity index (χ4v) is 1.61. The Labute approximate surface area is 85.9 Å². The molecule has 0 radical (unpaired) electrons. The van der Waals surface area contributed by atoms with Crippen molar-refractivity contribution in [3.05, 3.63) is 34.4 Å². The third-order valence-electron chi connectivity index (χ3n) is 2.22. The summed E-state index contributed by atoms with van der Waals surface area (Å²) in [5.74, 6) is -0.227. The van der Waals surface area contributed by atoms with Gasteiger partial charge in [-0.05, 0) is 44.0 Å². The van der Waals surface area contributed by atoms with E-state index in [0.29, 0.717) is 5.56 Å². The Kier molecular flexibility index (Phi) is 2.88. The second-order valence-electron chi connectivity index (χ2n) is 3.54. The maximum absolute atomic E-state index is 12.6. The van der Waals surface area contributed by atoms with Crippen LogP contribution in [0.3, 0.4) is 0 Å². The summed E-state index contributed by atoms with van der Waals surface area (Å²) in [6.45, 7) is 4.06. The fourth-order valence-electron chi connectivity index (χ4n) is 1.61. The molecular weight excluding hydrogens is 205 g/mol. The molecule has 0 spiro atoms. The molecule has 0 bridgehead atoms. The van der Waals surface area contributed by atoms with Crippen LogP contribution in [0.4, 0.5) is 13.2 Å². The van der Waals surface area contributed by atoms with Crippen molar-refractivity contribution >= 4 is 5.78 Å².